The van der Waals surface area contributed by atoms with E-state index in [0.29, 0.717) is 30.7 Å². The van der Waals surface area contributed by atoms with E-state index < -0.39 is 5.54 Å². The molecule has 0 aliphatic heterocycles. The van der Waals surface area contributed by atoms with E-state index in [9.17, 15) is 9.59 Å². The van der Waals surface area contributed by atoms with Crippen LogP contribution in [0, 0.1) is 0 Å². The second-order valence-corrected chi connectivity index (χ2v) is 8.30. The van der Waals surface area contributed by atoms with Crippen LogP contribution in [0.5, 0.6) is 5.75 Å². The zero-order chi connectivity index (χ0) is 20.4. The van der Waals surface area contributed by atoms with Gasteiger partial charge in [0.25, 0.3) is 5.91 Å². The molecule has 0 unspecified atom stereocenters. The minimum absolute atomic E-state index is 0.0980. The van der Waals surface area contributed by atoms with Gasteiger partial charge < -0.3 is 15.0 Å². The molecule has 28 heavy (non-hydrogen) atoms. The van der Waals surface area contributed by atoms with Gasteiger partial charge >= 0.3 is 0 Å². The van der Waals surface area contributed by atoms with Crippen molar-refractivity contribution in [3.63, 3.8) is 0 Å². The van der Waals surface area contributed by atoms with Crippen LogP contribution in [0.3, 0.4) is 0 Å². The van der Waals surface area contributed by atoms with E-state index in [-0.39, 0.29) is 17.4 Å². The van der Waals surface area contributed by atoms with Crippen molar-refractivity contribution in [3.05, 3.63) is 65.7 Å². The van der Waals surface area contributed by atoms with Gasteiger partial charge in [-0.3, -0.25) is 9.59 Å². The summed E-state index contributed by atoms with van der Waals surface area (Å²) in [5.74, 6) is 0.465. The van der Waals surface area contributed by atoms with Crippen LogP contribution in [0.2, 0.25) is 0 Å². The molecule has 148 valence electrons. The first kappa shape index (κ1) is 19.9. The SMILES string of the molecule is COc1ccccc1CN(C(=O)c1ccccc1)C1(C(=O)NC(C)(C)C)CC1. The van der Waals surface area contributed by atoms with Gasteiger partial charge in [-0.15, -0.1) is 0 Å². The van der Waals surface area contributed by atoms with Gasteiger partial charge in [0.15, 0.2) is 0 Å². The van der Waals surface area contributed by atoms with Crippen molar-refractivity contribution in [2.24, 2.45) is 0 Å². The Morgan fingerprint density at radius 3 is 2.21 bits per heavy atom. The molecule has 0 radical (unpaired) electrons. The number of benzene rings is 2. The Balaban J connectivity index is 1.98. The molecule has 2 aromatic rings. The lowest BCUT2D eigenvalue weighted by Gasteiger charge is -2.34. The summed E-state index contributed by atoms with van der Waals surface area (Å²) in [5, 5.41) is 3.06. The summed E-state index contributed by atoms with van der Waals surface area (Å²) in [7, 11) is 1.61. The van der Waals surface area contributed by atoms with Gasteiger partial charge in [0.05, 0.1) is 13.7 Å². The van der Waals surface area contributed by atoms with Gasteiger partial charge in [0, 0.05) is 16.7 Å². The third-order valence-electron chi connectivity index (χ3n) is 4.94. The normalized spacial score (nSPS) is 14.9. The van der Waals surface area contributed by atoms with Crippen LogP contribution in [-0.2, 0) is 11.3 Å². The molecule has 1 fully saturated rings. The Bertz CT molecular complexity index is 852. The molecule has 3 rings (SSSR count). The summed E-state index contributed by atoms with van der Waals surface area (Å²) in [6.45, 7) is 6.16. The molecule has 1 saturated carbocycles. The molecule has 0 spiro atoms. The van der Waals surface area contributed by atoms with E-state index in [1.165, 1.54) is 0 Å². The number of carbonyl (C=O) groups excluding carboxylic acids is 2. The predicted molar refractivity (Wildman–Crippen MR) is 109 cm³/mol. The molecule has 0 bridgehead atoms. The summed E-state index contributed by atoms with van der Waals surface area (Å²) >= 11 is 0. The molecular formula is C23H28N2O3. The lowest BCUT2D eigenvalue weighted by molar-refractivity contribution is -0.128. The fourth-order valence-corrected chi connectivity index (χ4v) is 3.35. The fraction of sp³-hybridized carbons (Fsp3) is 0.391. The van der Waals surface area contributed by atoms with Gasteiger partial charge in [-0.2, -0.15) is 0 Å². The van der Waals surface area contributed by atoms with Crippen molar-refractivity contribution < 1.29 is 14.3 Å². The number of amides is 2. The first-order chi connectivity index (χ1) is 13.3. The van der Waals surface area contributed by atoms with Gasteiger partial charge in [0.2, 0.25) is 5.91 Å². The van der Waals surface area contributed by atoms with E-state index >= 15 is 0 Å². The third-order valence-corrected chi connectivity index (χ3v) is 4.94. The Labute approximate surface area is 166 Å². The Kier molecular flexibility index (Phi) is 5.45. The van der Waals surface area contributed by atoms with Crippen LogP contribution in [0.4, 0.5) is 0 Å². The highest BCUT2D eigenvalue weighted by Gasteiger charge is 2.57. The van der Waals surface area contributed by atoms with Crippen molar-refractivity contribution in [2.75, 3.05) is 7.11 Å². The second-order valence-electron chi connectivity index (χ2n) is 8.30. The highest BCUT2D eigenvalue weighted by Crippen LogP contribution is 2.44. The van der Waals surface area contributed by atoms with E-state index in [2.05, 4.69) is 5.32 Å². The van der Waals surface area contributed by atoms with Crippen LogP contribution in [0.25, 0.3) is 0 Å². The minimum Gasteiger partial charge on any atom is -0.496 e. The number of carbonyl (C=O) groups is 2. The summed E-state index contributed by atoms with van der Waals surface area (Å²) in [5.41, 5.74) is 0.274. The first-order valence-electron chi connectivity index (χ1n) is 9.58. The quantitative estimate of drug-likeness (QED) is 0.830. The van der Waals surface area contributed by atoms with Gasteiger partial charge in [-0.05, 0) is 51.8 Å². The average molecular weight is 380 g/mol. The van der Waals surface area contributed by atoms with Crippen molar-refractivity contribution >= 4 is 11.8 Å². The van der Waals surface area contributed by atoms with Gasteiger partial charge in [-0.1, -0.05) is 36.4 Å². The van der Waals surface area contributed by atoms with Crippen molar-refractivity contribution in [3.8, 4) is 5.75 Å². The molecule has 1 N–H and O–H groups in total. The minimum atomic E-state index is -0.818. The van der Waals surface area contributed by atoms with Crippen LogP contribution < -0.4 is 10.1 Å². The van der Waals surface area contributed by atoms with Crippen molar-refractivity contribution in [1.29, 1.82) is 0 Å². The largest absolute Gasteiger partial charge is 0.496 e. The van der Waals surface area contributed by atoms with Crippen LogP contribution >= 0.6 is 0 Å². The second kappa shape index (κ2) is 7.66. The van der Waals surface area contributed by atoms with E-state index in [0.717, 1.165) is 5.56 Å². The number of methoxy groups -OCH3 is 1. The monoisotopic (exact) mass is 380 g/mol. The Morgan fingerprint density at radius 2 is 1.64 bits per heavy atom. The maximum atomic E-state index is 13.4. The lowest BCUT2D eigenvalue weighted by atomic mass is 10.0. The van der Waals surface area contributed by atoms with Crippen molar-refractivity contribution in [2.45, 2.75) is 51.2 Å². The summed E-state index contributed by atoms with van der Waals surface area (Å²) in [4.78, 5) is 28.2. The average Bonchev–Trinajstić information content (AvgIpc) is 3.47. The number of para-hydroxylation sites is 1. The summed E-state index contributed by atoms with van der Waals surface area (Å²) in [6, 6.07) is 16.7. The summed E-state index contributed by atoms with van der Waals surface area (Å²) in [6.07, 6.45) is 1.31. The topological polar surface area (TPSA) is 58.6 Å². The number of ether oxygens (including phenoxy) is 1. The number of hydrogen-bond donors (Lipinski definition) is 1. The van der Waals surface area contributed by atoms with Crippen LogP contribution in [0.15, 0.2) is 54.6 Å². The molecule has 0 heterocycles. The van der Waals surface area contributed by atoms with Crippen molar-refractivity contribution in [1.82, 2.24) is 10.2 Å². The highest BCUT2D eigenvalue weighted by molar-refractivity contribution is 6.00. The number of nitrogens with zero attached hydrogens (tertiary/aromatic N) is 1. The molecule has 1 aliphatic rings. The molecular weight excluding hydrogens is 352 g/mol. The third kappa shape index (κ3) is 4.19. The predicted octanol–water partition coefficient (Wildman–Crippen LogP) is 3.78. The molecule has 2 aromatic carbocycles. The molecule has 1 aliphatic carbocycles. The zero-order valence-electron chi connectivity index (χ0n) is 17.0. The smallest absolute Gasteiger partial charge is 0.255 e. The highest BCUT2D eigenvalue weighted by atomic mass is 16.5. The first-order valence-corrected chi connectivity index (χ1v) is 9.58. The molecule has 5 nitrogen and oxygen atoms in total. The van der Waals surface area contributed by atoms with Crippen LogP contribution in [-0.4, -0.2) is 34.9 Å². The molecule has 0 saturated heterocycles. The van der Waals surface area contributed by atoms with Gasteiger partial charge in [0.1, 0.15) is 11.3 Å². The molecule has 5 heteroatoms. The zero-order valence-corrected chi connectivity index (χ0v) is 17.0. The van der Waals surface area contributed by atoms with E-state index in [4.69, 9.17) is 4.74 Å². The Hall–Kier alpha value is -2.82. The fourth-order valence-electron chi connectivity index (χ4n) is 3.35. The van der Waals surface area contributed by atoms with Gasteiger partial charge in [-0.25, -0.2) is 0 Å². The maximum Gasteiger partial charge on any atom is 0.255 e. The molecule has 0 atom stereocenters. The standard InChI is InChI=1S/C23H28N2O3/c1-22(2,3)24-21(27)23(14-15-23)25(20(26)17-10-6-5-7-11-17)16-18-12-8-9-13-19(18)28-4/h5-13H,14-16H2,1-4H3,(H,24,27). The molecule has 0 aromatic heterocycles. The van der Waals surface area contributed by atoms with Crippen LogP contribution in [0.1, 0.15) is 49.5 Å². The lowest BCUT2D eigenvalue weighted by Crippen LogP contribution is -2.55. The van der Waals surface area contributed by atoms with E-state index in [1.807, 2.05) is 63.2 Å². The number of rotatable bonds is 6. The summed E-state index contributed by atoms with van der Waals surface area (Å²) < 4.78 is 5.47. The molecule has 2 amide bonds. The van der Waals surface area contributed by atoms with E-state index in [1.54, 1.807) is 24.1 Å². The maximum absolute atomic E-state index is 13.4. The Morgan fingerprint density at radius 1 is 1.04 bits per heavy atom. The number of hydrogen-bond acceptors (Lipinski definition) is 3. The number of nitrogens with one attached hydrogen (secondary N) is 1.